The van der Waals surface area contributed by atoms with Gasteiger partial charge in [0.2, 0.25) is 5.89 Å². The minimum atomic E-state index is -3.28. The van der Waals surface area contributed by atoms with Crippen LogP contribution in [0.2, 0.25) is 0 Å². The van der Waals surface area contributed by atoms with Crippen molar-refractivity contribution in [2.45, 2.75) is 32.2 Å². The SMILES string of the molecule is CCN(CCS(=O)(=O)c1ccc(C)cc1)Cc1noc(C)n1. The lowest BCUT2D eigenvalue weighted by molar-refractivity contribution is 0.281. The molecule has 0 spiro atoms. The number of sulfone groups is 1. The Labute approximate surface area is 131 Å². The molecular weight excluding hydrogens is 302 g/mol. The highest BCUT2D eigenvalue weighted by Gasteiger charge is 2.17. The van der Waals surface area contributed by atoms with E-state index in [1.165, 1.54) is 0 Å². The predicted octanol–water partition coefficient (Wildman–Crippen LogP) is 1.98. The summed E-state index contributed by atoms with van der Waals surface area (Å²) in [5.74, 6) is 1.16. The first-order valence-electron chi connectivity index (χ1n) is 7.21. The van der Waals surface area contributed by atoms with E-state index in [0.29, 0.717) is 29.7 Å². The number of nitrogens with zero attached hydrogens (tertiary/aromatic N) is 3. The van der Waals surface area contributed by atoms with Crippen LogP contribution in [0, 0.1) is 13.8 Å². The van der Waals surface area contributed by atoms with Crippen molar-refractivity contribution in [3.05, 3.63) is 41.5 Å². The lowest BCUT2D eigenvalue weighted by Crippen LogP contribution is -2.29. The van der Waals surface area contributed by atoms with Gasteiger partial charge in [0.05, 0.1) is 17.2 Å². The van der Waals surface area contributed by atoms with Crippen molar-refractivity contribution in [3.8, 4) is 0 Å². The van der Waals surface area contributed by atoms with Crippen LogP contribution < -0.4 is 0 Å². The van der Waals surface area contributed by atoms with Gasteiger partial charge in [-0.1, -0.05) is 29.8 Å². The zero-order chi connectivity index (χ0) is 16.2. The molecule has 1 heterocycles. The molecule has 0 aliphatic heterocycles. The van der Waals surface area contributed by atoms with Crippen LogP contribution >= 0.6 is 0 Å². The van der Waals surface area contributed by atoms with E-state index in [0.717, 1.165) is 12.1 Å². The summed E-state index contributed by atoms with van der Waals surface area (Å²) in [5, 5.41) is 3.84. The number of rotatable bonds is 7. The van der Waals surface area contributed by atoms with Crippen molar-refractivity contribution in [3.63, 3.8) is 0 Å². The van der Waals surface area contributed by atoms with Crippen LogP contribution in [0.3, 0.4) is 0 Å². The molecule has 6 nitrogen and oxygen atoms in total. The maximum absolute atomic E-state index is 12.3. The lowest BCUT2D eigenvalue weighted by Gasteiger charge is -2.18. The summed E-state index contributed by atoms with van der Waals surface area (Å²) < 4.78 is 29.6. The molecule has 0 unspecified atom stereocenters. The van der Waals surface area contributed by atoms with Gasteiger partial charge in [-0.05, 0) is 25.6 Å². The molecule has 7 heteroatoms. The summed E-state index contributed by atoms with van der Waals surface area (Å²) in [4.78, 5) is 6.49. The van der Waals surface area contributed by atoms with Gasteiger partial charge in [-0.2, -0.15) is 4.98 Å². The first kappa shape index (κ1) is 16.6. The third kappa shape index (κ3) is 4.38. The van der Waals surface area contributed by atoms with Crippen molar-refractivity contribution >= 4 is 9.84 Å². The fourth-order valence-corrected chi connectivity index (χ4v) is 3.35. The lowest BCUT2D eigenvalue weighted by atomic mass is 10.2. The van der Waals surface area contributed by atoms with Crippen LogP contribution in [-0.2, 0) is 16.4 Å². The average molecular weight is 323 g/mol. The van der Waals surface area contributed by atoms with Crippen LogP contribution in [0.15, 0.2) is 33.7 Å². The van der Waals surface area contributed by atoms with Gasteiger partial charge >= 0.3 is 0 Å². The number of aromatic nitrogens is 2. The van der Waals surface area contributed by atoms with E-state index in [-0.39, 0.29) is 5.75 Å². The Kier molecular flexibility index (Phi) is 5.31. The van der Waals surface area contributed by atoms with E-state index < -0.39 is 9.84 Å². The molecule has 0 bridgehead atoms. The minimum Gasteiger partial charge on any atom is -0.340 e. The fourth-order valence-electron chi connectivity index (χ4n) is 2.07. The number of aryl methyl sites for hydroxylation is 2. The number of hydrogen-bond donors (Lipinski definition) is 0. The zero-order valence-electron chi connectivity index (χ0n) is 13.1. The largest absolute Gasteiger partial charge is 0.340 e. The normalized spacial score (nSPS) is 12.0. The van der Waals surface area contributed by atoms with Crippen molar-refractivity contribution < 1.29 is 12.9 Å². The van der Waals surface area contributed by atoms with Gasteiger partial charge in [-0.25, -0.2) is 8.42 Å². The Morgan fingerprint density at radius 2 is 1.86 bits per heavy atom. The summed E-state index contributed by atoms with van der Waals surface area (Å²) in [6.07, 6.45) is 0. The summed E-state index contributed by atoms with van der Waals surface area (Å²) >= 11 is 0. The Hall–Kier alpha value is -1.73. The second-order valence-corrected chi connectivity index (χ2v) is 7.34. The van der Waals surface area contributed by atoms with Crippen LogP contribution in [0.1, 0.15) is 24.2 Å². The topological polar surface area (TPSA) is 76.3 Å². The first-order valence-corrected chi connectivity index (χ1v) is 8.87. The molecule has 0 atom stereocenters. The van der Waals surface area contributed by atoms with Gasteiger partial charge in [-0.15, -0.1) is 0 Å². The minimum absolute atomic E-state index is 0.0702. The Morgan fingerprint density at radius 1 is 1.18 bits per heavy atom. The number of hydrogen-bond acceptors (Lipinski definition) is 6. The summed E-state index contributed by atoms with van der Waals surface area (Å²) in [6, 6.07) is 6.94. The van der Waals surface area contributed by atoms with Crippen molar-refractivity contribution in [1.29, 1.82) is 0 Å². The van der Waals surface area contributed by atoms with Gasteiger partial charge in [0.15, 0.2) is 15.7 Å². The summed E-state index contributed by atoms with van der Waals surface area (Å²) in [5.41, 5.74) is 1.04. The molecule has 0 fully saturated rings. The quantitative estimate of drug-likeness (QED) is 0.775. The highest BCUT2D eigenvalue weighted by Crippen LogP contribution is 2.13. The summed E-state index contributed by atoms with van der Waals surface area (Å²) in [6.45, 7) is 7.27. The molecular formula is C15H21N3O3S. The van der Waals surface area contributed by atoms with E-state index in [9.17, 15) is 8.42 Å². The van der Waals surface area contributed by atoms with E-state index in [2.05, 4.69) is 10.1 Å². The summed E-state index contributed by atoms with van der Waals surface area (Å²) in [7, 11) is -3.28. The van der Waals surface area contributed by atoms with Gasteiger partial charge in [0, 0.05) is 13.5 Å². The molecule has 2 rings (SSSR count). The van der Waals surface area contributed by atoms with Gasteiger partial charge in [0.25, 0.3) is 0 Å². The van der Waals surface area contributed by atoms with Gasteiger partial charge in [0.1, 0.15) is 0 Å². The Morgan fingerprint density at radius 3 is 2.41 bits per heavy atom. The maximum Gasteiger partial charge on any atom is 0.223 e. The first-order chi connectivity index (χ1) is 10.4. The monoisotopic (exact) mass is 323 g/mol. The molecule has 2 aromatic rings. The Bertz CT molecular complexity index is 708. The van der Waals surface area contributed by atoms with E-state index >= 15 is 0 Å². The van der Waals surface area contributed by atoms with Crippen LogP contribution in [0.5, 0.6) is 0 Å². The van der Waals surface area contributed by atoms with E-state index in [1.54, 1.807) is 19.1 Å². The highest BCUT2D eigenvalue weighted by molar-refractivity contribution is 7.91. The van der Waals surface area contributed by atoms with Crippen LogP contribution in [-0.4, -0.2) is 42.3 Å². The number of benzene rings is 1. The zero-order valence-corrected chi connectivity index (χ0v) is 13.9. The van der Waals surface area contributed by atoms with E-state index in [1.807, 2.05) is 30.9 Å². The van der Waals surface area contributed by atoms with Crippen molar-refractivity contribution in [2.75, 3.05) is 18.8 Å². The fraction of sp³-hybridized carbons (Fsp3) is 0.467. The third-order valence-corrected chi connectivity index (χ3v) is 5.15. The van der Waals surface area contributed by atoms with Gasteiger partial charge in [-0.3, -0.25) is 4.90 Å². The van der Waals surface area contributed by atoms with Crippen LogP contribution in [0.4, 0.5) is 0 Å². The average Bonchev–Trinajstić information content (AvgIpc) is 2.89. The highest BCUT2D eigenvalue weighted by atomic mass is 32.2. The molecule has 0 aliphatic carbocycles. The smallest absolute Gasteiger partial charge is 0.223 e. The molecule has 0 saturated carbocycles. The molecule has 0 aliphatic rings. The van der Waals surface area contributed by atoms with Gasteiger partial charge < -0.3 is 4.52 Å². The molecule has 0 amide bonds. The standard InChI is InChI=1S/C15H21N3O3S/c1-4-18(11-15-16-13(3)21-17-15)9-10-22(19,20)14-7-5-12(2)6-8-14/h5-8H,4,9-11H2,1-3H3. The molecule has 0 N–H and O–H groups in total. The Balaban J connectivity index is 1.98. The molecule has 0 radical (unpaired) electrons. The second-order valence-electron chi connectivity index (χ2n) is 5.23. The molecule has 1 aromatic heterocycles. The third-order valence-electron chi connectivity index (χ3n) is 3.44. The maximum atomic E-state index is 12.3. The molecule has 1 aromatic carbocycles. The van der Waals surface area contributed by atoms with Crippen molar-refractivity contribution in [1.82, 2.24) is 15.0 Å². The van der Waals surface area contributed by atoms with E-state index in [4.69, 9.17) is 4.52 Å². The molecule has 120 valence electrons. The predicted molar refractivity (Wildman–Crippen MR) is 83.2 cm³/mol. The molecule has 0 saturated heterocycles. The molecule has 22 heavy (non-hydrogen) atoms. The van der Waals surface area contributed by atoms with Crippen LogP contribution in [0.25, 0.3) is 0 Å². The second kappa shape index (κ2) is 7.02. The van der Waals surface area contributed by atoms with Crippen molar-refractivity contribution in [2.24, 2.45) is 0 Å².